The number of ether oxygens (including phenoxy) is 1. The van der Waals surface area contributed by atoms with E-state index in [0.29, 0.717) is 43.9 Å². The van der Waals surface area contributed by atoms with Gasteiger partial charge in [0, 0.05) is 18.6 Å². The highest BCUT2D eigenvalue weighted by atomic mass is 16.5. The Morgan fingerprint density at radius 3 is 2.54 bits per heavy atom. The first-order chi connectivity index (χ1) is 16.6. The number of guanidine groups is 1. The van der Waals surface area contributed by atoms with Crippen molar-refractivity contribution < 1.29 is 14.9 Å². The molecule has 6 nitrogen and oxygen atoms in total. The van der Waals surface area contributed by atoms with E-state index in [0.717, 1.165) is 56.9 Å². The Morgan fingerprint density at radius 1 is 1.03 bits per heavy atom. The number of nitrogens with two attached hydrogens (primary N) is 1. The van der Waals surface area contributed by atoms with Gasteiger partial charge in [0.25, 0.3) is 0 Å². The van der Waals surface area contributed by atoms with E-state index in [2.05, 4.69) is 19.2 Å². The molecule has 0 aromatic heterocycles. The summed E-state index contributed by atoms with van der Waals surface area (Å²) in [6.45, 7) is 6.05. The molecule has 0 radical (unpaired) electrons. The molecule has 1 aromatic carbocycles. The SMILES string of the molecule is C[C@]12CCC(OCCCNC(=N)N)CC1CC[C@@H]1[C@H]2CC[C@]2(C)C(O)(c3ccccc3)CC[C@@]12O. The summed E-state index contributed by atoms with van der Waals surface area (Å²) < 4.78 is 6.24. The Hall–Kier alpha value is -1.63. The molecule has 0 spiro atoms. The second kappa shape index (κ2) is 9.04. The maximum atomic E-state index is 12.4. The lowest BCUT2D eigenvalue weighted by molar-refractivity contribution is -0.239. The summed E-state index contributed by atoms with van der Waals surface area (Å²) in [5.41, 5.74) is 4.27. The van der Waals surface area contributed by atoms with E-state index >= 15 is 0 Å². The lowest BCUT2D eigenvalue weighted by atomic mass is 9.43. The summed E-state index contributed by atoms with van der Waals surface area (Å²) in [4.78, 5) is 0. The van der Waals surface area contributed by atoms with Crippen molar-refractivity contribution in [3.8, 4) is 0 Å². The van der Waals surface area contributed by atoms with Crippen LogP contribution in [0, 0.1) is 34.0 Å². The van der Waals surface area contributed by atoms with Crippen LogP contribution in [0.5, 0.6) is 0 Å². The van der Waals surface area contributed by atoms with Crippen molar-refractivity contribution in [2.24, 2.45) is 34.3 Å². The van der Waals surface area contributed by atoms with E-state index in [-0.39, 0.29) is 17.3 Å². The highest BCUT2D eigenvalue weighted by Crippen LogP contribution is 2.71. The smallest absolute Gasteiger partial charge is 0.185 e. The molecule has 3 unspecified atom stereocenters. The fraction of sp³-hybridized carbons (Fsp3) is 0.759. The lowest BCUT2D eigenvalue weighted by Crippen LogP contribution is -2.64. The average Bonchev–Trinajstić information content (AvgIpc) is 3.06. The van der Waals surface area contributed by atoms with E-state index < -0.39 is 16.6 Å². The van der Waals surface area contributed by atoms with E-state index in [9.17, 15) is 10.2 Å². The first-order valence-electron chi connectivity index (χ1n) is 13.8. The molecule has 0 bridgehead atoms. The predicted molar refractivity (Wildman–Crippen MR) is 138 cm³/mol. The largest absolute Gasteiger partial charge is 0.389 e. The van der Waals surface area contributed by atoms with E-state index in [1.54, 1.807) is 0 Å². The monoisotopic (exact) mass is 483 g/mol. The van der Waals surface area contributed by atoms with Crippen LogP contribution in [0.4, 0.5) is 0 Å². The Bertz CT molecular complexity index is 927. The summed E-state index contributed by atoms with van der Waals surface area (Å²) in [6, 6.07) is 10.1. The van der Waals surface area contributed by atoms with Crippen LogP contribution in [-0.4, -0.2) is 41.0 Å². The molecule has 194 valence electrons. The van der Waals surface area contributed by atoms with Gasteiger partial charge in [-0.05, 0) is 92.9 Å². The molecule has 0 aliphatic heterocycles. The third kappa shape index (κ3) is 3.82. The van der Waals surface area contributed by atoms with Gasteiger partial charge in [0.05, 0.1) is 17.3 Å². The molecule has 0 saturated heterocycles. The number of nitrogens with one attached hydrogen (secondary N) is 2. The standard InChI is InChI=1S/C29H45N3O3/c1-26-13-11-22(35-18-6-17-32-25(30)31)19-21(26)9-10-24-23(26)12-14-27(2)28(33,15-16-29(24,27)34)20-7-4-3-5-8-20/h3-5,7-8,21-24,33-34H,6,9-19H2,1-2H3,(H4,30,31,32)/t21?,22?,23-,24-,26+,27-,28?,29-/m1/s1. The molecule has 4 aliphatic rings. The van der Waals surface area contributed by atoms with E-state index in [1.165, 1.54) is 0 Å². The molecule has 5 rings (SSSR count). The van der Waals surface area contributed by atoms with Gasteiger partial charge < -0.3 is 26.0 Å². The summed E-state index contributed by atoms with van der Waals surface area (Å²) in [7, 11) is 0. The van der Waals surface area contributed by atoms with Crippen molar-refractivity contribution in [1.29, 1.82) is 5.41 Å². The fourth-order valence-electron chi connectivity index (χ4n) is 9.08. The highest BCUT2D eigenvalue weighted by Gasteiger charge is 2.71. The van der Waals surface area contributed by atoms with E-state index in [4.69, 9.17) is 15.9 Å². The molecular formula is C29H45N3O3. The first kappa shape index (κ1) is 25.0. The normalized spacial score (nSPS) is 44.7. The Labute approximate surface area is 210 Å². The Morgan fingerprint density at radius 2 is 1.80 bits per heavy atom. The van der Waals surface area contributed by atoms with Crippen molar-refractivity contribution in [3.63, 3.8) is 0 Å². The zero-order valence-corrected chi connectivity index (χ0v) is 21.6. The minimum absolute atomic E-state index is 0.0184. The van der Waals surface area contributed by atoms with Crippen LogP contribution in [0.25, 0.3) is 0 Å². The Balaban J connectivity index is 1.28. The third-order valence-electron chi connectivity index (χ3n) is 11.2. The van der Waals surface area contributed by atoms with Gasteiger partial charge in [0.2, 0.25) is 0 Å². The summed E-state index contributed by atoms with van der Waals surface area (Å²) in [5.74, 6) is 1.43. The van der Waals surface area contributed by atoms with Crippen LogP contribution in [0.2, 0.25) is 0 Å². The van der Waals surface area contributed by atoms with Gasteiger partial charge >= 0.3 is 0 Å². The van der Waals surface area contributed by atoms with Crippen LogP contribution >= 0.6 is 0 Å². The average molecular weight is 484 g/mol. The van der Waals surface area contributed by atoms with Crippen molar-refractivity contribution in [3.05, 3.63) is 35.9 Å². The van der Waals surface area contributed by atoms with Gasteiger partial charge in [-0.1, -0.05) is 44.2 Å². The molecule has 4 saturated carbocycles. The molecule has 0 heterocycles. The molecule has 4 fully saturated rings. The third-order valence-corrected chi connectivity index (χ3v) is 11.2. The maximum Gasteiger partial charge on any atom is 0.185 e. The zero-order valence-electron chi connectivity index (χ0n) is 21.6. The van der Waals surface area contributed by atoms with Crippen molar-refractivity contribution in [2.45, 2.75) is 95.4 Å². The molecule has 4 aliphatic carbocycles. The van der Waals surface area contributed by atoms with Gasteiger partial charge in [-0.2, -0.15) is 0 Å². The van der Waals surface area contributed by atoms with E-state index in [1.807, 2.05) is 30.3 Å². The first-order valence-corrected chi connectivity index (χ1v) is 13.8. The van der Waals surface area contributed by atoms with Gasteiger partial charge in [-0.25, -0.2) is 0 Å². The molecule has 0 amide bonds. The number of aliphatic hydroxyl groups is 2. The molecular weight excluding hydrogens is 438 g/mol. The maximum absolute atomic E-state index is 12.4. The number of rotatable bonds is 6. The quantitative estimate of drug-likeness (QED) is 0.235. The number of benzene rings is 1. The number of hydrogen-bond donors (Lipinski definition) is 5. The van der Waals surface area contributed by atoms with Crippen molar-refractivity contribution in [1.82, 2.24) is 5.32 Å². The van der Waals surface area contributed by atoms with Crippen LogP contribution in [0.15, 0.2) is 30.3 Å². The molecule has 1 aromatic rings. The lowest BCUT2D eigenvalue weighted by Gasteiger charge is -2.64. The van der Waals surface area contributed by atoms with Crippen molar-refractivity contribution in [2.75, 3.05) is 13.2 Å². The van der Waals surface area contributed by atoms with Gasteiger partial charge in [-0.15, -0.1) is 0 Å². The highest BCUT2D eigenvalue weighted by molar-refractivity contribution is 5.74. The number of hydrogen-bond acceptors (Lipinski definition) is 4. The van der Waals surface area contributed by atoms with Gasteiger partial charge in [0.15, 0.2) is 5.96 Å². The van der Waals surface area contributed by atoms with Gasteiger partial charge in [0.1, 0.15) is 0 Å². The summed E-state index contributed by atoms with van der Waals surface area (Å²) >= 11 is 0. The topological polar surface area (TPSA) is 112 Å². The van der Waals surface area contributed by atoms with Crippen molar-refractivity contribution >= 4 is 5.96 Å². The fourth-order valence-corrected chi connectivity index (χ4v) is 9.08. The molecule has 8 atom stereocenters. The molecule has 35 heavy (non-hydrogen) atoms. The van der Waals surface area contributed by atoms with Crippen LogP contribution in [0.3, 0.4) is 0 Å². The second-order valence-corrected chi connectivity index (χ2v) is 12.5. The second-order valence-electron chi connectivity index (χ2n) is 12.5. The molecule has 6 heteroatoms. The van der Waals surface area contributed by atoms with Crippen LogP contribution in [0.1, 0.15) is 83.6 Å². The molecule has 6 N–H and O–H groups in total. The zero-order chi connectivity index (χ0) is 24.9. The van der Waals surface area contributed by atoms with Crippen LogP contribution < -0.4 is 11.1 Å². The minimum atomic E-state index is -0.964. The number of fused-ring (bicyclic) bond motifs is 5. The van der Waals surface area contributed by atoms with Gasteiger partial charge in [-0.3, -0.25) is 5.41 Å². The minimum Gasteiger partial charge on any atom is -0.389 e. The predicted octanol–water partition coefficient (Wildman–Crippen LogP) is 4.29. The summed E-state index contributed by atoms with van der Waals surface area (Å²) in [5, 5.41) is 34.6. The summed E-state index contributed by atoms with van der Waals surface area (Å²) in [6.07, 6.45) is 10.0. The Kier molecular flexibility index (Phi) is 6.46. The van der Waals surface area contributed by atoms with Crippen LogP contribution in [-0.2, 0) is 10.3 Å².